The number of halogens is 3. The van der Waals surface area contributed by atoms with Crippen molar-refractivity contribution in [3.63, 3.8) is 0 Å². The Labute approximate surface area is 83.1 Å². The third-order valence-corrected chi connectivity index (χ3v) is 1.73. The molecule has 82 valence electrons. The van der Waals surface area contributed by atoms with Crippen LogP contribution in [0.1, 0.15) is 12.5 Å². The highest BCUT2D eigenvalue weighted by Gasteiger charge is 2.24. The summed E-state index contributed by atoms with van der Waals surface area (Å²) < 4.78 is 43.3. The Morgan fingerprint density at radius 3 is 2.20 bits per heavy atom. The summed E-state index contributed by atoms with van der Waals surface area (Å²) in [6, 6.07) is 0. The number of ether oxygens (including phenoxy) is 1. The second-order valence-electron chi connectivity index (χ2n) is 2.84. The van der Waals surface area contributed by atoms with Crippen LogP contribution < -0.4 is 4.74 Å². The van der Waals surface area contributed by atoms with E-state index in [2.05, 4.69) is 4.74 Å². The molecule has 0 atom stereocenters. The minimum absolute atomic E-state index is 0.523. The van der Waals surface area contributed by atoms with E-state index in [1.54, 1.807) is 0 Å². The molecule has 15 heavy (non-hydrogen) atoms. The van der Waals surface area contributed by atoms with Crippen molar-refractivity contribution in [2.75, 3.05) is 0 Å². The highest BCUT2D eigenvalue weighted by molar-refractivity contribution is 5.69. The molecule has 0 aromatic heterocycles. The molecule has 0 aliphatic carbocycles. The monoisotopic (exact) mass is 220 g/mol. The topological polar surface area (TPSA) is 46.5 Å². The molecule has 0 spiro atoms. The number of carbonyl (C=O) groups is 1. The number of hydrogen-bond donors (Lipinski definition) is 1. The lowest BCUT2D eigenvalue weighted by molar-refractivity contribution is -0.132. The molecular weight excluding hydrogens is 213 g/mol. The number of hydrogen-bond acceptors (Lipinski definition) is 3. The van der Waals surface area contributed by atoms with Crippen LogP contribution in [0.15, 0.2) is 0 Å². The van der Waals surface area contributed by atoms with Gasteiger partial charge in [0.2, 0.25) is 17.4 Å². The number of carbonyl (C=O) groups excluding carboxylic acids is 1. The maximum atomic E-state index is 13.2. The van der Waals surface area contributed by atoms with E-state index < -0.39 is 40.5 Å². The van der Waals surface area contributed by atoms with E-state index in [9.17, 15) is 18.0 Å². The van der Waals surface area contributed by atoms with Gasteiger partial charge >= 0.3 is 5.97 Å². The SMILES string of the molecule is CC(=O)Oc1c(F)c(C)c(O)c(F)c1F. The van der Waals surface area contributed by atoms with Crippen LogP contribution in [-0.4, -0.2) is 11.1 Å². The largest absolute Gasteiger partial charge is 0.504 e. The lowest BCUT2D eigenvalue weighted by Crippen LogP contribution is -2.08. The number of phenols is 1. The summed E-state index contributed by atoms with van der Waals surface area (Å²) in [5, 5.41) is 8.93. The van der Waals surface area contributed by atoms with Crippen LogP contribution in [0.5, 0.6) is 11.5 Å². The zero-order valence-electron chi connectivity index (χ0n) is 7.90. The van der Waals surface area contributed by atoms with Gasteiger partial charge in [0.25, 0.3) is 0 Å². The predicted molar refractivity (Wildman–Crippen MR) is 44.0 cm³/mol. The molecule has 0 aliphatic heterocycles. The van der Waals surface area contributed by atoms with Crippen LogP contribution in [0.3, 0.4) is 0 Å². The van der Waals surface area contributed by atoms with E-state index in [0.29, 0.717) is 0 Å². The van der Waals surface area contributed by atoms with Gasteiger partial charge in [-0.05, 0) is 6.92 Å². The second-order valence-corrected chi connectivity index (χ2v) is 2.84. The van der Waals surface area contributed by atoms with Gasteiger partial charge in [0.15, 0.2) is 11.6 Å². The van der Waals surface area contributed by atoms with Gasteiger partial charge in [-0.3, -0.25) is 4.79 Å². The Kier molecular flexibility index (Phi) is 2.88. The molecule has 0 fully saturated rings. The van der Waals surface area contributed by atoms with E-state index in [-0.39, 0.29) is 0 Å². The third kappa shape index (κ3) is 1.88. The molecule has 0 saturated carbocycles. The summed E-state index contributed by atoms with van der Waals surface area (Å²) in [7, 11) is 0. The lowest BCUT2D eigenvalue weighted by atomic mass is 10.2. The zero-order valence-corrected chi connectivity index (χ0v) is 7.90. The standard InChI is InChI=1S/C9H7F3O3/c1-3-5(10)9(15-4(2)13)7(12)6(11)8(3)14/h14H,1-2H3. The van der Waals surface area contributed by atoms with Gasteiger partial charge in [0, 0.05) is 12.5 Å². The number of phenolic OH excluding ortho intramolecular Hbond substituents is 1. The predicted octanol–water partition coefficient (Wildman–Crippen LogP) is 2.04. The lowest BCUT2D eigenvalue weighted by Gasteiger charge is -2.09. The van der Waals surface area contributed by atoms with Crippen LogP contribution >= 0.6 is 0 Å². The highest BCUT2D eigenvalue weighted by Crippen LogP contribution is 2.34. The molecule has 0 aliphatic rings. The molecule has 0 amide bonds. The van der Waals surface area contributed by atoms with Crippen LogP contribution in [0, 0.1) is 24.4 Å². The molecule has 1 rings (SSSR count). The number of esters is 1. The van der Waals surface area contributed by atoms with Crippen LogP contribution in [0.25, 0.3) is 0 Å². The Morgan fingerprint density at radius 2 is 1.73 bits per heavy atom. The minimum Gasteiger partial charge on any atom is -0.504 e. The van der Waals surface area contributed by atoms with Crippen molar-refractivity contribution in [1.29, 1.82) is 0 Å². The van der Waals surface area contributed by atoms with E-state index in [1.807, 2.05) is 0 Å². The molecular formula is C9H7F3O3. The maximum Gasteiger partial charge on any atom is 0.308 e. The summed E-state index contributed by atoms with van der Waals surface area (Å²) in [6.07, 6.45) is 0. The zero-order chi connectivity index (χ0) is 11.7. The fraction of sp³-hybridized carbons (Fsp3) is 0.222. The Hall–Kier alpha value is -1.72. The van der Waals surface area contributed by atoms with Gasteiger partial charge in [-0.15, -0.1) is 0 Å². The second kappa shape index (κ2) is 3.80. The summed E-state index contributed by atoms with van der Waals surface area (Å²) >= 11 is 0. The number of aromatic hydroxyl groups is 1. The van der Waals surface area contributed by atoms with E-state index in [4.69, 9.17) is 5.11 Å². The normalized spacial score (nSPS) is 10.2. The van der Waals surface area contributed by atoms with Crippen molar-refractivity contribution < 1.29 is 27.8 Å². The minimum atomic E-state index is -1.73. The molecule has 3 nitrogen and oxygen atoms in total. The summed E-state index contributed by atoms with van der Waals surface area (Å²) in [5.74, 6) is -7.95. The molecule has 0 bridgehead atoms. The average molecular weight is 220 g/mol. The molecule has 1 aromatic carbocycles. The quantitative estimate of drug-likeness (QED) is 0.447. The van der Waals surface area contributed by atoms with E-state index >= 15 is 0 Å². The number of benzene rings is 1. The molecule has 0 heterocycles. The molecule has 0 radical (unpaired) electrons. The smallest absolute Gasteiger partial charge is 0.308 e. The van der Waals surface area contributed by atoms with Gasteiger partial charge in [0.1, 0.15) is 0 Å². The van der Waals surface area contributed by atoms with E-state index in [0.717, 1.165) is 13.8 Å². The number of rotatable bonds is 1. The van der Waals surface area contributed by atoms with Crippen molar-refractivity contribution >= 4 is 5.97 Å². The fourth-order valence-electron chi connectivity index (χ4n) is 0.972. The highest BCUT2D eigenvalue weighted by atomic mass is 19.2. The van der Waals surface area contributed by atoms with Crippen LogP contribution in [0.4, 0.5) is 13.2 Å². The molecule has 0 unspecified atom stereocenters. The Morgan fingerprint density at radius 1 is 1.20 bits per heavy atom. The van der Waals surface area contributed by atoms with Gasteiger partial charge in [0.05, 0.1) is 0 Å². The maximum absolute atomic E-state index is 13.2. The van der Waals surface area contributed by atoms with Crippen molar-refractivity contribution in [1.82, 2.24) is 0 Å². The third-order valence-electron chi connectivity index (χ3n) is 1.73. The van der Waals surface area contributed by atoms with Gasteiger partial charge in [-0.1, -0.05) is 0 Å². The van der Waals surface area contributed by atoms with Crippen molar-refractivity contribution in [2.45, 2.75) is 13.8 Å². The first-order chi connectivity index (χ1) is 6.86. The van der Waals surface area contributed by atoms with Crippen molar-refractivity contribution in [2.24, 2.45) is 0 Å². The molecule has 0 saturated heterocycles. The molecule has 6 heteroatoms. The van der Waals surface area contributed by atoms with Crippen molar-refractivity contribution in [3.05, 3.63) is 23.0 Å². The fourth-order valence-corrected chi connectivity index (χ4v) is 0.972. The first kappa shape index (κ1) is 11.4. The Bertz CT molecular complexity index is 400. The van der Waals surface area contributed by atoms with Crippen LogP contribution in [0.2, 0.25) is 0 Å². The first-order valence-electron chi connectivity index (χ1n) is 3.90. The first-order valence-corrected chi connectivity index (χ1v) is 3.90. The van der Waals surface area contributed by atoms with Crippen molar-refractivity contribution in [3.8, 4) is 11.5 Å². The molecule has 1 aromatic rings. The average Bonchev–Trinajstić information content (AvgIpc) is 2.18. The summed E-state index contributed by atoms with van der Waals surface area (Å²) in [6.45, 7) is 1.94. The van der Waals surface area contributed by atoms with Gasteiger partial charge in [-0.25, -0.2) is 4.39 Å². The summed E-state index contributed by atoms with van der Waals surface area (Å²) in [5.41, 5.74) is -0.523. The van der Waals surface area contributed by atoms with E-state index in [1.165, 1.54) is 0 Å². The summed E-state index contributed by atoms with van der Waals surface area (Å²) in [4.78, 5) is 10.5. The Balaban J connectivity index is 3.45. The van der Waals surface area contributed by atoms with Crippen LogP contribution in [-0.2, 0) is 4.79 Å². The van der Waals surface area contributed by atoms with Gasteiger partial charge < -0.3 is 9.84 Å². The van der Waals surface area contributed by atoms with Gasteiger partial charge in [-0.2, -0.15) is 8.78 Å². The molecule has 1 N–H and O–H groups in total.